The predicted molar refractivity (Wildman–Crippen MR) is 119 cm³/mol. The second-order valence-corrected chi connectivity index (χ2v) is 10.7. The van der Waals surface area contributed by atoms with Gasteiger partial charge in [-0.1, -0.05) is 18.2 Å². The van der Waals surface area contributed by atoms with Crippen LogP contribution in [0.25, 0.3) is 0 Å². The normalized spacial score (nSPS) is 20.8. The molecular weight excluding hydrogens is 414 g/mol. The van der Waals surface area contributed by atoms with E-state index in [2.05, 4.69) is 26.1 Å². The monoisotopic (exact) mass is 441 g/mol. The van der Waals surface area contributed by atoms with Gasteiger partial charge in [-0.25, -0.2) is 8.42 Å². The van der Waals surface area contributed by atoms with Crippen LogP contribution in [-0.4, -0.2) is 74.4 Å². The van der Waals surface area contributed by atoms with Crippen molar-refractivity contribution in [3.05, 3.63) is 47.2 Å². The lowest BCUT2D eigenvalue weighted by molar-refractivity contribution is -0.119. The lowest BCUT2D eigenvalue weighted by atomic mass is 10.0. The molecule has 0 N–H and O–H groups in total. The van der Waals surface area contributed by atoms with Crippen LogP contribution in [-0.2, 0) is 33.2 Å². The molecule has 8 nitrogen and oxygen atoms in total. The number of hydrogen-bond acceptors (Lipinski definition) is 7. The number of aromatic nitrogens is 2. The van der Waals surface area contributed by atoms with Crippen molar-refractivity contribution in [2.24, 2.45) is 0 Å². The van der Waals surface area contributed by atoms with E-state index >= 15 is 0 Å². The van der Waals surface area contributed by atoms with E-state index in [9.17, 15) is 13.2 Å². The molecule has 1 amide bonds. The first kappa shape index (κ1) is 20.4. The third-order valence-corrected chi connectivity index (χ3v) is 8.02. The molecular formula is C22H27N5O3S. The standard InChI is InChI=1S/C22H27N5O3S/c28-22(27-8-3-5-17-4-1-2-6-20(17)27)15-25-9-11-26(12-10-25)21-14-18-16-31(29,30)13-7-19(18)23-24-21/h1-2,4,6,14H,3,5,7-13,15-16H2. The van der Waals surface area contributed by atoms with Gasteiger partial charge in [0.05, 0.1) is 23.7 Å². The number of rotatable bonds is 3. The summed E-state index contributed by atoms with van der Waals surface area (Å²) in [5.74, 6) is 1.09. The average molecular weight is 442 g/mol. The van der Waals surface area contributed by atoms with Gasteiger partial charge in [0.25, 0.3) is 0 Å². The molecule has 0 aliphatic carbocycles. The molecule has 164 valence electrons. The van der Waals surface area contributed by atoms with Crippen molar-refractivity contribution in [3.63, 3.8) is 0 Å². The van der Waals surface area contributed by atoms with E-state index in [-0.39, 0.29) is 17.4 Å². The molecule has 0 radical (unpaired) electrons. The summed E-state index contributed by atoms with van der Waals surface area (Å²) in [4.78, 5) is 19.2. The van der Waals surface area contributed by atoms with Gasteiger partial charge in [0, 0.05) is 44.8 Å². The van der Waals surface area contributed by atoms with Gasteiger partial charge in [0.1, 0.15) is 0 Å². The molecule has 3 aliphatic heterocycles. The molecule has 1 fully saturated rings. The molecule has 9 heteroatoms. The Balaban J connectivity index is 1.20. The van der Waals surface area contributed by atoms with Crippen LogP contribution in [0.3, 0.4) is 0 Å². The number of piperazine rings is 1. The molecule has 4 heterocycles. The molecule has 0 saturated carbocycles. The Labute approximate surface area is 182 Å². The average Bonchev–Trinajstić information content (AvgIpc) is 2.78. The van der Waals surface area contributed by atoms with Crippen molar-refractivity contribution < 1.29 is 13.2 Å². The first-order chi connectivity index (χ1) is 15.0. The second-order valence-electron chi connectivity index (χ2n) is 8.56. The van der Waals surface area contributed by atoms with Crippen molar-refractivity contribution in [2.45, 2.75) is 25.0 Å². The number of carbonyl (C=O) groups excluding carboxylic acids is 1. The zero-order valence-electron chi connectivity index (χ0n) is 17.5. The number of anilines is 2. The van der Waals surface area contributed by atoms with Gasteiger partial charge in [0.2, 0.25) is 5.91 Å². The number of sulfone groups is 1. The van der Waals surface area contributed by atoms with E-state index in [1.165, 1.54) is 5.56 Å². The zero-order valence-corrected chi connectivity index (χ0v) is 18.4. The Hall–Kier alpha value is -2.52. The fraction of sp³-hybridized carbons (Fsp3) is 0.500. The molecule has 3 aliphatic rings. The molecule has 0 bridgehead atoms. The number of nitrogens with zero attached hydrogens (tertiary/aromatic N) is 5. The maximum Gasteiger partial charge on any atom is 0.241 e. The van der Waals surface area contributed by atoms with Gasteiger partial charge in [-0.15, -0.1) is 5.10 Å². The first-order valence-electron chi connectivity index (χ1n) is 10.9. The highest BCUT2D eigenvalue weighted by molar-refractivity contribution is 7.90. The summed E-state index contributed by atoms with van der Waals surface area (Å²) in [5, 5.41) is 8.61. The van der Waals surface area contributed by atoms with E-state index in [4.69, 9.17) is 0 Å². The van der Waals surface area contributed by atoms with Crippen molar-refractivity contribution in [1.82, 2.24) is 15.1 Å². The van der Waals surface area contributed by atoms with Crippen molar-refractivity contribution in [2.75, 3.05) is 54.8 Å². The number of amides is 1. The summed E-state index contributed by atoms with van der Waals surface area (Å²) >= 11 is 0. The smallest absolute Gasteiger partial charge is 0.241 e. The minimum Gasteiger partial charge on any atom is -0.353 e. The fourth-order valence-corrected chi connectivity index (χ4v) is 6.07. The lowest BCUT2D eigenvalue weighted by Gasteiger charge is -2.37. The van der Waals surface area contributed by atoms with Crippen molar-refractivity contribution >= 4 is 27.2 Å². The number of para-hydroxylation sites is 1. The largest absolute Gasteiger partial charge is 0.353 e. The van der Waals surface area contributed by atoms with Gasteiger partial charge in [0.15, 0.2) is 15.7 Å². The molecule has 2 aromatic rings. The number of benzene rings is 1. The summed E-state index contributed by atoms with van der Waals surface area (Å²) in [5.41, 5.74) is 3.87. The molecule has 0 atom stereocenters. The van der Waals surface area contributed by atoms with Crippen LogP contribution in [0.4, 0.5) is 11.5 Å². The van der Waals surface area contributed by atoms with Gasteiger partial charge >= 0.3 is 0 Å². The van der Waals surface area contributed by atoms with Crippen LogP contribution >= 0.6 is 0 Å². The molecule has 31 heavy (non-hydrogen) atoms. The maximum absolute atomic E-state index is 13.0. The molecule has 1 aromatic carbocycles. The fourth-order valence-electron chi connectivity index (χ4n) is 4.70. The Morgan fingerprint density at radius 2 is 1.77 bits per heavy atom. The maximum atomic E-state index is 13.0. The number of carbonyl (C=O) groups is 1. The van der Waals surface area contributed by atoms with Crippen LogP contribution in [0.5, 0.6) is 0 Å². The molecule has 0 unspecified atom stereocenters. The summed E-state index contributed by atoms with van der Waals surface area (Å²) in [7, 11) is -3.03. The quantitative estimate of drug-likeness (QED) is 0.704. The predicted octanol–water partition coefficient (Wildman–Crippen LogP) is 1.05. The van der Waals surface area contributed by atoms with Crippen LogP contribution in [0, 0.1) is 0 Å². The Morgan fingerprint density at radius 1 is 0.968 bits per heavy atom. The number of fused-ring (bicyclic) bond motifs is 2. The third-order valence-electron chi connectivity index (χ3n) is 6.44. The van der Waals surface area contributed by atoms with Crippen LogP contribution in [0.1, 0.15) is 23.2 Å². The highest BCUT2D eigenvalue weighted by Crippen LogP contribution is 2.27. The Morgan fingerprint density at radius 3 is 2.61 bits per heavy atom. The van der Waals surface area contributed by atoms with Gasteiger partial charge in [-0.3, -0.25) is 9.69 Å². The Kier molecular flexibility index (Phi) is 5.39. The summed E-state index contributed by atoms with van der Waals surface area (Å²) in [6.07, 6.45) is 2.48. The highest BCUT2D eigenvalue weighted by Gasteiger charge is 2.27. The van der Waals surface area contributed by atoms with Crippen molar-refractivity contribution in [3.8, 4) is 0 Å². The molecule has 0 spiro atoms. The third kappa shape index (κ3) is 4.29. The summed E-state index contributed by atoms with van der Waals surface area (Å²) < 4.78 is 23.9. The number of hydrogen-bond donors (Lipinski definition) is 0. The Bertz CT molecular complexity index is 1100. The molecule has 5 rings (SSSR count). The van der Waals surface area contributed by atoms with Crippen LogP contribution in [0.2, 0.25) is 0 Å². The zero-order chi connectivity index (χ0) is 21.4. The highest BCUT2D eigenvalue weighted by atomic mass is 32.2. The minimum atomic E-state index is -3.03. The van der Waals surface area contributed by atoms with Gasteiger partial charge in [-0.05, 0) is 36.1 Å². The van der Waals surface area contributed by atoms with E-state index in [1.807, 2.05) is 29.2 Å². The van der Waals surface area contributed by atoms with Gasteiger partial charge in [-0.2, -0.15) is 5.10 Å². The lowest BCUT2D eigenvalue weighted by Crippen LogP contribution is -2.51. The van der Waals surface area contributed by atoms with Crippen LogP contribution < -0.4 is 9.80 Å². The second kappa shape index (κ2) is 8.20. The molecule has 1 saturated heterocycles. The van der Waals surface area contributed by atoms with E-state index in [1.54, 1.807) is 0 Å². The first-order valence-corrected chi connectivity index (χ1v) is 12.7. The van der Waals surface area contributed by atoms with Crippen LogP contribution in [0.15, 0.2) is 30.3 Å². The molecule has 1 aromatic heterocycles. The number of aryl methyl sites for hydroxylation is 2. The topological polar surface area (TPSA) is 86.7 Å². The van der Waals surface area contributed by atoms with E-state index in [0.717, 1.165) is 68.3 Å². The summed E-state index contributed by atoms with van der Waals surface area (Å²) in [6, 6.07) is 10.1. The van der Waals surface area contributed by atoms with Gasteiger partial charge < -0.3 is 9.80 Å². The van der Waals surface area contributed by atoms with E-state index < -0.39 is 9.84 Å². The summed E-state index contributed by atoms with van der Waals surface area (Å²) in [6.45, 7) is 4.20. The minimum absolute atomic E-state index is 0.0522. The van der Waals surface area contributed by atoms with E-state index in [0.29, 0.717) is 13.0 Å². The SMILES string of the molecule is O=C(CN1CCN(c2cc3c(nn2)CCS(=O)(=O)C3)CC1)N1CCCc2ccccc21. The van der Waals surface area contributed by atoms with Crippen molar-refractivity contribution in [1.29, 1.82) is 0 Å².